The molecule has 1 saturated heterocycles. The van der Waals surface area contributed by atoms with E-state index in [1.54, 1.807) is 19.3 Å². The van der Waals surface area contributed by atoms with Gasteiger partial charge in [-0.1, -0.05) is 32.4 Å². The van der Waals surface area contributed by atoms with E-state index in [9.17, 15) is 4.79 Å². The Balaban J connectivity index is 1.33. The van der Waals surface area contributed by atoms with E-state index in [-0.39, 0.29) is 11.3 Å². The van der Waals surface area contributed by atoms with Crippen LogP contribution in [0.3, 0.4) is 0 Å². The molecule has 2 N–H and O–H groups in total. The maximum Gasteiger partial charge on any atom is 0.229 e. The topological polar surface area (TPSA) is 88.0 Å². The van der Waals surface area contributed by atoms with Gasteiger partial charge in [0.05, 0.1) is 18.1 Å². The van der Waals surface area contributed by atoms with Gasteiger partial charge in [-0.3, -0.25) is 9.48 Å². The SMILES string of the molecule is CC(=O)N1CCC2(CCC(Nc3nc(Nc4cnn(CC(C)(C)C)c4)ncc3Cl)CC2)CC1. The van der Waals surface area contributed by atoms with Gasteiger partial charge >= 0.3 is 0 Å². The second-order valence-electron chi connectivity index (χ2n) is 10.9. The fourth-order valence-electron chi connectivity index (χ4n) is 5.02. The predicted octanol–water partition coefficient (Wildman–Crippen LogP) is 5.10. The lowest BCUT2D eigenvalue weighted by Crippen LogP contribution is -2.45. The molecule has 0 aromatic carbocycles. The van der Waals surface area contributed by atoms with Gasteiger partial charge in [-0.05, 0) is 49.4 Å². The van der Waals surface area contributed by atoms with Crippen molar-refractivity contribution in [1.29, 1.82) is 0 Å². The molecule has 2 fully saturated rings. The molecular weight excluding hydrogens is 438 g/mol. The largest absolute Gasteiger partial charge is 0.366 e. The predicted molar refractivity (Wildman–Crippen MR) is 132 cm³/mol. The van der Waals surface area contributed by atoms with E-state index in [2.05, 4.69) is 46.5 Å². The van der Waals surface area contributed by atoms with Crippen LogP contribution in [-0.2, 0) is 11.3 Å². The molecule has 0 bridgehead atoms. The van der Waals surface area contributed by atoms with Crippen molar-refractivity contribution >= 4 is 35.0 Å². The zero-order valence-electron chi connectivity index (χ0n) is 20.2. The minimum Gasteiger partial charge on any atom is -0.366 e. The van der Waals surface area contributed by atoms with Crippen LogP contribution in [0.15, 0.2) is 18.6 Å². The third-order valence-electron chi connectivity index (χ3n) is 6.93. The first-order valence-corrected chi connectivity index (χ1v) is 12.3. The van der Waals surface area contributed by atoms with E-state index in [4.69, 9.17) is 11.6 Å². The van der Waals surface area contributed by atoms with Crippen molar-refractivity contribution in [3.8, 4) is 0 Å². The van der Waals surface area contributed by atoms with Crippen LogP contribution in [0.4, 0.5) is 17.5 Å². The van der Waals surface area contributed by atoms with Crippen LogP contribution in [0, 0.1) is 10.8 Å². The molecule has 1 spiro atoms. The number of hydrogen-bond donors (Lipinski definition) is 2. The van der Waals surface area contributed by atoms with Crippen molar-refractivity contribution in [1.82, 2.24) is 24.6 Å². The Morgan fingerprint density at radius 2 is 1.88 bits per heavy atom. The number of halogens is 1. The zero-order valence-corrected chi connectivity index (χ0v) is 21.0. The summed E-state index contributed by atoms with van der Waals surface area (Å²) in [7, 11) is 0. The average Bonchev–Trinajstić information content (AvgIpc) is 3.17. The molecule has 1 amide bonds. The summed E-state index contributed by atoms with van der Waals surface area (Å²) in [6.07, 6.45) is 12.2. The lowest BCUT2D eigenvalue weighted by molar-refractivity contribution is -0.131. The van der Waals surface area contributed by atoms with Crippen LogP contribution in [0.5, 0.6) is 0 Å². The average molecular weight is 474 g/mol. The Kier molecular flexibility index (Phi) is 6.84. The second-order valence-corrected chi connectivity index (χ2v) is 11.3. The Bertz CT molecular complexity index is 965. The number of likely N-dealkylation sites (tertiary alicyclic amines) is 1. The summed E-state index contributed by atoms with van der Waals surface area (Å²) in [6, 6.07) is 0.344. The molecule has 33 heavy (non-hydrogen) atoms. The molecule has 2 aromatic rings. The quantitative estimate of drug-likeness (QED) is 0.628. The number of hydrogen-bond acceptors (Lipinski definition) is 6. The molecular formula is C24H36ClN7O. The first-order chi connectivity index (χ1) is 15.6. The van der Waals surface area contributed by atoms with Crippen LogP contribution < -0.4 is 10.6 Å². The van der Waals surface area contributed by atoms with Crippen molar-refractivity contribution in [2.45, 2.75) is 78.8 Å². The van der Waals surface area contributed by atoms with Gasteiger partial charge in [-0.25, -0.2) is 4.98 Å². The summed E-state index contributed by atoms with van der Waals surface area (Å²) >= 11 is 6.41. The highest BCUT2D eigenvalue weighted by Gasteiger charge is 2.38. The molecule has 8 nitrogen and oxygen atoms in total. The van der Waals surface area contributed by atoms with Crippen LogP contribution in [0.25, 0.3) is 0 Å². The summed E-state index contributed by atoms with van der Waals surface area (Å²) in [5, 5.41) is 11.7. The van der Waals surface area contributed by atoms with Gasteiger partial charge in [0.25, 0.3) is 0 Å². The number of piperidine rings is 1. The summed E-state index contributed by atoms with van der Waals surface area (Å²) < 4.78 is 1.93. The van der Waals surface area contributed by atoms with E-state index in [0.717, 1.165) is 51.0 Å². The van der Waals surface area contributed by atoms with E-state index in [0.29, 0.717) is 28.2 Å². The van der Waals surface area contributed by atoms with Crippen molar-refractivity contribution in [3.05, 3.63) is 23.6 Å². The lowest BCUT2D eigenvalue weighted by atomic mass is 9.67. The Morgan fingerprint density at radius 3 is 2.52 bits per heavy atom. The highest BCUT2D eigenvalue weighted by molar-refractivity contribution is 6.32. The minimum absolute atomic E-state index is 0.153. The number of amides is 1. The van der Waals surface area contributed by atoms with Gasteiger partial charge in [-0.2, -0.15) is 10.1 Å². The Morgan fingerprint density at radius 1 is 1.18 bits per heavy atom. The number of aromatic nitrogens is 4. The molecule has 2 aromatic heterocycles. The minimum atomic E-state index is 0.153. The smallest absolute Gasteiger partial charge is 0.229 e. The van der Waals surface area contributed by atoms with Gasteiger partial charge in [0.2, 0.25) is 11.9 Å². The number of anilines is 3. The van der Waals surface area contributed by atoms with Gasteiger partial charge in [0, 0.05) is 38.8 Å². The van der Waals surface area contributed by atoms with E-state index < -0.39 is 0 Å². The number of nitrogens with zero attached hydrogens (tertiary/aromatic N) is 5. The van der Waals surface area contributed by atoms with E-state index in [1.807, 2.05) is 15.8 Å². The molecule has 0 atom stereocenters. The van der Waals surface area contributed by atoms with Gasteiger partial charge in [0.1, 0.15) is 5.02 Å². The van der Waals surface area contributed by atoms with Crippen LogP contribution >= 0.6 is 11.6 Å². The fraction of sp³-hybridized carbons (Fsp3) is 0.667. The summed E-state index contributed by atoms with van der Waals surface area (Å²) in [5.74, 6) is 1.37. The molecule has 180 valence electrons. The van der Waals surface area contributed by atoms with Crippen molar-refractivity contribution in [2.75, 3.05) is 23.7 Å². The number of carbonyl (C=O) groups is 1. The summed E-state index contributed by atoms with van der Waals surface area (Å²) in [5.41, 5.74) is 1.39. The molecule has 4 rings (SSSR count). The highest BCUT2D eigenvalue weighted by atomic mass is 35.5. The monoisotopic (exact) mass is 473 g/mol. The molecule has 0 radical (unpaired) electrons. The molecule has 1 aliphatic carbocycles. The van der Waals surface area contributed by atoms with Crippen LogP contribution in [0.2, 0.25) is 5.02 Å². The number of carbonyl (C=O) groups excluding carboxylic acids is 1. The first-order valence-electron chi connectivity index (χ1n) is 11.9. The fourth-order valence-corrected chi connectivity index (χ4v) is 5.17. The zero-order chi connectivity index (χ0) is 23.6. The molecule has 1 saturated carbocycles. The number of nitrogens with one attached hydrogen (secondary N) is 2. The summed E-state index contributed by atoms with van der Waals surface area (Å²) in [6.45, 7) is 10.8. The van der Waals surface area contributed by atoms with Crippen LogP contribution in [-0.4, -0.2) is 49.7 Å². The normalized spacial score (nSPS) is 19.0. The van der Waals surface area contributed by atoms with Crippen LogP contribution in [0.1, 0.15) is 66.2 Å². The third-order valence-corrected chi connectivity index (χ3v) is 7.20. The van der Waals surface area contributed by atoms with E-state index >= 15 is 0 Å². The maximum atomic E-state index is 11.6. The molecule has 9 heteroatoms. The van der Waals surface area contributed by atoms with E-state index in [1.165, 1.54) is 12.8 Å². The van der Waals surface area contributed by atoms with Gasteiger partial charge < -0.3 is 15.5 Å². The van der Waals surface area contributed by atoms with Gasteiger partial charge in [-0.15, -0.1) is 0 Å². The molecule has 3 heterocycles. The van der Waals surface area contributed by atoms with Crippen molar-refractivity contribution in [2.24, 2.45) is 10.8 Å². The molecule has 2 aliphatic rings. The molecule has 1 aliphatic heterocycles. The van der Waals surface area contributed by atoms with Crippen molar-refractivity contribution < 1.29 is 4.79 Å². The first kappa shape index (κ1) is 23.8. The lowest BCUT2D eigenvalue weighted by Gasteiger charge is -2.46. The Hall–Kier alpha value is -2.35. The van der Waals surface area contributed by atoms with Gasteiger partial charge in [0.15, 0.2) is 5.82 Å². The third kappa shape index (κ3) is 6.16. The Labute approximate surface area is 201 Å². The second kappa shape index (κ2) is 9.49. The molecule has 0 unspecified atom stereocenters. The maximum absolute atomic E-state index is 11.6. The van der Waals surface area contributed by atoms with Crippen molar-refractivity contribution in [3.63, 3.8) is 0 Å². The number of rotatable bonds is 5. The highest BCUT2D eigenvalue weighted by Crippen LogP contribution is 2.45. The summed E-state index contributed by atoms with van der Waals surface area (Å²) in [4.78, 5) is 22.6. The standard InChI is InChI=1S/C24H36ClN7O/c1-17(33)31-11-9-24(10-12-31)7-5-18(6-8-24)28-21-20(25)14-26-22(30-21)29-19-13-27-32(15-19)16-23(2,3)4/h13-15,18H,5-12,16H2,1-4H3,(H2,26,28,29,30).